The van der Waals surface area contributed by atoms with Crippen LogP contribution in [0.25, 0.3) is 0 Å². The summed E-state index contributed by atoms with van der Waals surface area (Å²) in [6.07, 6.45) is 3.31. The molecule has 0 aliphatic carbocycles. The van der Waals surface area contributed by atoms with Crippen molar-refractivity contribution in [2.75, 3.05) is 7.11 Å². The molecular weight excluding hydrogens is 473 g/mol. The molecule has 2 rings (SSSR count). The Kier molecular flexibility index (Phi) is 14.9. The second kappa shape index (κ2) is 14.2. The molecule has 0 saturated carbocycles. The van der Waals surface area contributed by atoms with Gasteiger partial charge in [-0.2, -0.15) is 0 Å². The Balaban J connectivity index is 0. The summed E-state index contributed by atoms with van der Waals surface area (Å²) in [7, 11) is -3.94. The Bertz CT molecular complexity index is 622. The molecule has 0 aliphatic rings. The van der Waals surface area contributed by atoms with E-state index in [-0.39, 0.29) is 25.2 Å². The molecule has 1 heterocycles. The molecule has 0 unspecified atom stereocenters. The summed E-state index contributed by atoms with van der Waals surface area (Å²) in [6.45, 7) is 0.479. The molecule has 11 heteroatoms. The van der Waals surface area contributed by atoms with Crippen LogP contribution < -0.4 is 23.7 Å². The van der Waals surface area contributed by atoms with Crippen LogP contribution in [0.3, 0.4) is 0 Å². The first-order valence-electron chi connectivity index (χ1n) is 6.18. The van der Waals surface area contributed by atoms with Crippen molar-refractivity contribution in [2.45, 2.75) is 6.54 Å². The molecular formula is C14H14BrClN2O6Zn. The summed E-state index contributed by atoms with van der Waals surface area (Å²) in [5.41, 5.74) is 1.46. The molecule has 25 heavy (non-hydrogen) atoms. The van der Waals surface area contributed by atoms with E-state index in [1.54, 1.807) is 24.5 Å². The zero-order chi connectivity index (χ0) is 18.6. The molecule has 0 atom stereocenters. The first-order valence-corrected chi connectivity index (χ1v) is 8.21. The Labute approximate surface area is 168 Å². The third kappa shape index (κ3) is 15.0. The largest absolute Gasteiger partial charge is 2.00 e. The van der Waals surface area contributed by atoms with Gasteiger partial charge >= 0.3 is 19.5 Å². The topological polar surface area (TPSA) is 161 Å². The molecule has 0 fully saturated rings. The van der Waals surface area contributed by atoms with Gasteiger partial charge < -0.3 is 10.2 Å². The maximum absolute atomic E-state index is 11.5. The maximum Gasteiger partial charge on any atom is 2.00 e. The van der Waals surface area contributed by atoms with Crippen molar-refractivity contribution in [1.82, 2.24) is 4.98 Å². The third-order valence-electron chi connectivity index (χ3n) is 2.18. The average molecular weight is 487 g/mol. The van der Waals surface area contributed by atoms with Crippen LogP contribution in [0.1, 0.15) is 11.3 Å². The molecule has 0 amide bonds. The Morgan fingerprint density at radius 1 is 1.16 bits per heavy atom. The van der Waals surface area contributed by atoms with E-state index < -0.39 is 10.2 Å². The summed E-state index contributed by atoms with van der Waals surface area (Å²) >= 11 is 3.32. The molecule has 0 aliphatic heterocycles. The quantitative estimate of drug-likeness (QED) is 0.367. The van der Waals surface area contributed by atoms with Crippen LogP contribution in [0.4, 0.5) is 0 Å². The Morgan fingerprint density at radius 2 is 1.76 bits per heavy atom. The smallest absolute Gasteiger partial charge is 0.872 e. The third-order valence-corrected chi connectivity index (χ3v) is 2.67. The van der Waals surface area contributed by atoms with E-state index >= 15 is 0 Å². The standard InChI is InChI=1S/C13H11BrN2O.CH4O.ClHO4.Zn/c14-11-4-5-13(17)10(7-11)8-15-9-12-3-1-2-6-16-12;1-2;2-1(3,4)5;/h1-8,17H,9H2;2H,1H3;(H,2,3,4,5);/q;;;+2/p-2. The zero-order valence-electron chi connectivity index (χ0n) is 13.2. The van der Waals surface area contributed by atoms with Crippen molar-refractivity contribution in [3.8, 4) is 5.75 Å². The summed E-state index contributed by atoms with van der Waals surface area (Å²) in [4.78, 5) is 8.35. The van der Waals surface area contributed by atoms with Crippen LogP contribution in [0.5, 0.6) is 5.75 Å². The molecule has 0 saturated heterocycles. The SMILES string of the molecule is CO.[O-][Cl+3]([O-])([O-])[O-].[O-]c1ccc(Br)cc1C=NCc1ccccn1.[Zn+2]. The van der Waals surface area contributed by atoms with Crippen LogP contribution in [0.2, 0.25) is 0 Å². The van der Waals surface area contributed by atoms with Crippen LogP contribution in [0, 0.1) is 10.2 Å². The van der Waals surface area contributed by atoms with E-state index in [1.807, 2.05) is 18.2 Å². The summed E-state index contributed by atoms with van der Waals surface area (Å²) in [5, 5.41) is 18.5. The fourth-order valence-corrected chi connectivity index (χ4v) is 1.73. The van der Waals surface area contributed by atoms with Gasteiger partial charge in [0.2, 0.25) is 0 Å². The fourth-order valence-electron chi connectivity index (χ4n) is 1.35. The second-order valence-corrected chi connectivity index (χ2v) is 5.52. The number of pyridine rings is 1. The number of nitrogens with zero attached hydrogens (tertiary/aromatic N) is 2. The van der Waals surface area contributed by atoms with E-state index in [0.29, 0.717) is 12.1 Å². The van der Waals surface area contributed by atoms with Gasteiger partial charge in [-0.25, -0.2) is 18.6 Å². The van der Waals surface area contributed by atoms with E-state index in [9.17, 15) is 5.11 Å². The average Bonchev–Trinajstić information content (AvgIpc) is 2.52. The molecule has 132 valence electrons. The van der Waals surface area contributed by atoms with Gasteiger partial charge in [-0.3, -0.25) is 9.98 Å². The second-order valence-electron chi connectivity index (χ2n) is 3.85. The Morgan fingerprint density at radius 3 is 2.28 bits per heavy atom. The number of hydrogen-bond acceptors (Lipinski definition) is 8. The number of aromatic nitrogens is 1. The van der Waals surface area contributed by atoms with Crippen LogP contribution in [-0.4, -0.2) is 23.4 Å². The summed E-state index contributed by atoms with van der Waals surface area (Å²) in [5.74, 6) is -0.0297. The molecule has 0 radical (unpaired) electrons. The molecule has 2 aromatic rings. The number of halogens is 2. The fraction of sp³-hybridized carbons (Fsp3) is 0.143. The number of hydrogen-bond donors (Lipinski definition) is 1. The molecule has 1 N–H and O–H groups in total. The van der Waals surface area contributed by atoms with E-state index in [1.165, 1.54) is 6.07 Å². The van der Waals surface area contributed by atoms with Gasteiger partial charge in [-0.15, -0.1) is 10.2 Å². The van der Waals surface area contributed by atoms with Gasteiger partial charge in [-0.05, 0) is 29.8 Å². The van der Waals surface area contributed by atoms with Crippen LogP contribution in [-0.2, 0) is 26.0 Å². The van der Waals surface area contributed by atoms with Crippen molar-refractivity contribution < 1.29 is 58.6 Å². The van der Waals surface area contributed by atoms with Crippen LogP contribution in [0.15, 0.2) is 52.1 Å². The molecule has 0 bridgehead atoms. The minimum Gasteiger partial charge on any atom is -0.872 e. The number of aliphatic imine (C=N–C) groups is 1. The van der Waals surface area contributed by atoms with Crippen molar-refractivity contribution in [1.29, 1.82) is 0 Å². The van der Waals surface area contributed by atoms with Gasteiger partial charge in [0.05, 0.1) is 12.2 Å². The number of aliphatic hydroxyl groups is 1. The first kappa shape index (κ1) is 26.3. The predicted octanol–water partition coefficient (Wildman–Crippen LogP) is -2.61. The molecule has 0 spiro atoms. The minimum absolute atomic E-state index is 0. The van der Waals surface area contributed by atoms with E-state index in [4.69, 9.17) is 23.7 Å². The Hall–Kier alpha value is -0.967. The van der Waals surface area contributed by atoms with Crippen molar-refractivity contribution in [3.05, 3.63) is 58.3 Å². The molecule has 1 aromatic carbocycles. The van der Waals surface area contributed by atoms with Crippen molar-refractivity contribution >= 4 is 22.1 Å². The van der Waals surface area contributed by atoms with Gasteiger partial charge in [0.25, 0.3) is 0 Å². The predicted molar refractivity (Wildman–Crippen MR) is 77.3 cm³/mol. The van der Waals surface area contributed by atoms with Crippen LogP contribution >= 0.6 is 15.9 Å². The van der Waals surface area contributed by atoms with E-state index in [0.717, 1.165) is 17.3 Å². The van der Waals surface area contributed by atoms with Gasteiger partial charge in [-0.1, -0.05) is 33.8 Å². The summed E-state index contributed by atoms with van der Waals surface area (Å²) < 4.78 is 34.8. The monoisotopic (exact) mass is 484 g/mol. The first-order chi connectivity index (χ1) is 11.3. The van der Waals surface area contributed by atoms with Gasteiger partial charge in [0.15, 0.2) is 0 Å². The number of aliphatic hydroxyl groups excluding tert-OH is 1. The number of benzene rings is 1. The normalized spacial score (nSPS) is 10.0. The van der Waals surface area contributed by atoms with Crippen molar-refractivity contribution in [3.63, 3.8) is 0 Å². The van der Waals surface area contributed by atoms with E-state index in [2.05, 4.69) is 25.9 Å². The van der Waals surface area contributed by atoms with Gasteiger partial charge in [0, 0.05) is 24.0 Å². The maximum atomic E-state index is 11.5. The molecule has 1 aromatic heterocycles. The van der Waals surface area contributed by atoms with Gasteiger partial charge in [0.1, 0.15) is 0 Å². The minimum atomic E-state index is -4.94. The van der Waals surface area contributed by atoms with Crippen molar-refractivity contribution in [2.24, 2.45) is 4.99 Å². The number of rotatable bonds is 3. The zero-order valence-corrected chi connectivity index (χ0v) is 18.5. The molecule has 8 nitrogen and oxygen atoms in total. The summed E-state index contributed by atoms with van der Waals surface area (Å²) in [6, 6.07) is 10.7.